The number of aryl methyl sites for hydroxylation is 1. The number of ether oxygens (including phenoxy) is 1. The minimum Gasteiger partial charge on any atom is -0.476 e. The number of fused-ring (bicyclic) bond motifs is 1. The van der Waals surface area contributed by atoms with E-state index in [9.17, 15) is 0 Å². The molecule has 1 aliphatic carbocycles. The van der Waals surface area contributed by atoms with Crippen molar-refractivity contribution in [2.24, 2.45) is 13.0 Å². The molecule has 1 fully saturated rings. The second-order valence-electron chi connectivity index (χ2n) is 5.23. The number of hydrogen-bond donors (Lipinski definition) is 1. The highest BCUT2D eigenvalue weighted by molar-refractivity contribution is 5.77. The average molecular weight is 261 g/mol. The molecule has 0 unspecified atom stereocenters. The Labute approximate surface area is 112 Å². The van der Waals surface area contributed by atoms with Crippen LogP contribution in [0.3, 0.4) is 0 Å². The molecule has 6 heteroatoms. The lowest BCUT2D eigenvalue weighted by Gasteiger charge is -2.21. The minimum atomic E-state index is 0.213. The third-order valence-corrected chi connectivity index (χ3v) is 3.74. The van der Waals surface area contributed by atoms with Crippen molar-refractivity contribution in [1.82, 2.24) is 19.5 Å². The monoisotopic (exact) mass is 261 g/mol. The molecule has 0 saturated heterocycles. The van der Waals surface area contributed by atoms with Gasteiger partial charge >= 0.3 is 0 Å². The van der Waals surface area contributed by atoms with E-state index in [1.54, 1.807) is 6.33 Å². The van der Waals surface area contributed by atoms with Gasteiger partial charge in [0.2, 0.25) is 11.8 Å². The zero-order valence-corrected chi connectivity index (χ0v) is 11.2. The van der Waals surface area contributed by atoms with Gasteiger partial charge in [-0.1, -0.05) is 19.3 Å². The molecule has 0 bridgehead atoms. The number of nitrogen functional groups attached to an aromatic ring is 1. The fourth-order valence-corrected chi connectivity index (χ4v) is 2.69. The number of anilines is 1. The van der Waals surface area contributed by atoms with Gasteiger partial charge in [-0.25, -0.2) is 4.98 Å². The fourth-order valence-electron chi connectivity index (χ4n) is 2.69. The highest BCUT2D eigenvalue weighted by Crippen LogP contribution is 2.26. The van der Waals surface area contributed by atoms with E-state index in [0.29, 0.717) is 24.1 Å². The highest BCUT2D eigenvalue weighted by atomic mass is 16.5. The van der Waals surface area contributed by atoms with Crippen LogP contribution in [-0.2, 0) is 7.05 Å². The van der Waals surface area contributed by atoms with E-state index in [1.165, 1.54) is 32.1 Å². The molecule has 2 N–H and O–H groups in total. The summed E-state index contributed by atoms with van der Waals surface area (Å²) in [5.41, 5.74) is 7.09. The Bertz CT molecular complexity index is 574. The van der Waals surface area contributed by atoms with Gasteiger partial charge in [0.15, 0.2) is 11.2 Å². The topological polar surface area (TPSA) is 78.9 Å². The standard InChI is InChI=1S/C13H19N5O/c1-18-8-15-11-10(18)12(17-13(14)16-11)19-7-9-5-3-2-4-6-9/h8-9H,2-7H2,1H3,(H2,14,16,17). The van der Waals surface area contributed by atoms with Gasteiger partial charge in [0, 0.05) is 7.05 Å². The molecular weight excluding hydrogens is 242 g/mol. The molecule has 3 rings (SSSR count). The zero-order valence-electron chi connectivity index (χ0n) is 11.2. The molecule has 102 valence electrons. The Morgan fingerprint density at radius 1 is 1.32 bits per heavy atom. The van der Waals surface area contributed by atoms with E-state index in [0.717, 1.165) is 5.52 Å². The molecule has 6 nitrogen and oxygen atoms in total. The van der Waals surface area contributed by atoms with E-state index < -0.39 is 0 Å². The SMILES string of the molecule is Cn1cnc2nc(N)nc(OCC3CCCCC3)c21. The maximum atomic E-state index is 5.89. The fraction of sp³-hybridized carbons (Fsp3) is 0.615. The molecule has 19 heavy (non-hydrogen) atoms. The second-order valence-corrected chi connectivity index (χ2v) is 5.23. The summed E-state index contributed by atoms with van der Waals surface area (Å²) in [6, 6.07) is 0. The molecule has 1 saturated carbocycles. The van der Waals surface area contributed by atoms with Crippen molar-refractivity contribution in [1.29, 1.82) is 0 Å². The Kier molecular flexibility index (Phi) is 3.23. The van der Waals surface area contributed by atoms with Crippen LogP contribution in [0.4, 0.5) is 5.95 Å². The van der Waals surface area contributed by atoms with Crippen LogP contribution in [0.15, 0.2) is 6.33 Å². The number of aromatic nitrogens is 4. The number of rotatable bonds is 3. The summed E-state index contributed by atoms with van der Waals surface area (Å²) in [5, 5.41) is 0. The first-order chi connectivity index (χ1) is 9.24. The predicted octanol–water partition coefficient (Wildman–Crippen LogP) is 1.90. The van der Waals surface area contributed by atoms with E-state index in [2.05, 4.69) is 15.0 Å². The van der Waals surface area contributed by atoms with Gasteiger partial charge in [-0.2, -0.15) is 9.97 Å². The van der Waals surface area contributed by atoms with Crippen LogP contribution in [0.1, 0.15) is 32.1 Å². The Morgan fingerprint density at radius 3 is 2.89 bits per heavy atom. The quantitative estimate of drug-likeness (QED) is 0.913. The van der Waals surface area contributed by atoms with Crippen LogP contribution in [0.2, 0.25) is 0 Å². The van der Waals surface area contributed by atoms with Crippen molar-refractivity contribution in [2.45, 2.75) is 32.1 Å². The largest absolute Gasteiger partial charge is 0.476 e. The van der Waals surface area contributed by atoms with Gasteiger partial charge in [0.25, 0.3) is 0 Å². The first-order valence-corrected chi connectivity index (χ1v) is 6.81. The van der Waals surface area contributed by atoms with Crippen LogP contribution < -0.4 is 10.5 Å². The summed E-state index contributed by atoms with van der Waals surface area (Å²) in [6.45, 7) is 0.705. The van der Waals surface area contributed by atoms with E-state index in [-0.39, 0.29) is 5.95 Å². The van der Waals surface area contributed by atoms with Gasteiger partial charge in [-0.15, -0.1) is 0 Å². The lowest BCUT2D eigenvalue weighted by Crippen LogP contribution is -2.16. The Morgan fingerprint density at radius 2 is 2.11 bits per heavy atom. The molecule has 2 aromatic heterocycles. The van der Waals surface area contributed by atoms with Crippen molar-refractivity contribution in [2.75, 3.05) is 12.3 Å². The van der Waals surface area contributed by atoms with Crippen LogP contribution in [-0.4, -0.2) is 26.1 Å². The van der Waals surface area contributed by atoms with Crippen LogP contribution >= 0.6 is 0 Å². The van der Waals surface area contributed by atoms with Crippen LogP contribution in [0, 0.1) is 5.92 Å². The third-order valence-electron chi connectivity index (χ3n) is 3.74. The van der Waals surface area contributed by atoms with Gasteiger partial charge in [0.05, 0.1) is 12.9 Å². The lowest BCUT2D eigenvalue weighted by molar-refractivity contribution is 0.204. The number of nitrogens with zero attached hydrogens (tertiary/aromatic N) is 4. The molecule has 1 aliphatic rings. The molecule has 2 aromatic rings. The van der Waals surface area contributed by atoms with Crippen molar-refractivity contribution < 1.29 is 4.74 Å². The van der Waals surface area contributed by atoms with Gasteiger partial charge in [0.1, 0.15) is 0 Å². The molecule has 0 amide bonds. The lowest BCUT2D eigenvalue weighted by atomic mass is 9.90. The normalized spacial score (nSPS) is 16.9. The number of hydrogen-bond acceptors (Lipinski definition) is 5. The maximum Gasteiger partial charge on any atom is 0.245 e. The molecule has 0 aromatic carbocycles. The smallest absolute Gasteiger partial charge is 0.245 e. The summed E-state index contributed by atoms with van der Waals surface area (Å²) in [4.78, 5) is 12.5. The van der Waals surface area contributed by atoms with E-state index in [4.69, 9.17) is 10.5 Å². The maximum absolute atomic E-state index is 5.89. The molecular formula is C13H19N5O. The zero-order chi connectivity index (χ0) is 13.2. The van der Waals surface area contributed by atoms with Crippen molar-refractivity contribution in [3.63, 3.8) is 0 Å². The summed E-state index contributed by atoms with van der Waals surface area (Å²) in [7, 11) is 1.91. The van der Waals surface area contributed by atoms with Crippen molar-refractivity contribution in [3.8, 4) is 5.88 Å². The third kappa shape index (κ3) is 2.47. The summed E-state index contributed by atoms with van der Waals surface area (Å²) < 4.78 is 7.75. The minimum absolute atomic E-state index is 0.213. The van der Waals surface area contributed by atoms with Crippen LogP contribution in [0.5, 0.6) is 5.88 Å². The van der Waals surface area contributed by atoms with Crippen molar-refractivity contribution >= 4 is 17.1 Å². The summed E-state index contributed by atoms with van der Waals surface area (Å²) >= 11 is 0. The summed E-state index contributed by atoms with van der Waals surface area (Å²) in [5.74, 6) is 1.39. The first-order valence-electron chi connectivity index (χ1n) is 6.81. The summed E-state index contributed by atoms with van der Waals surface area (Å²) in [6.07, 6.45) is 8.15. The number of imidazole rings is 1. The Balaban J connectivity index is 1.81. The second kappa shape index (κ2) is 5.03. The van der Waals surface area contributed by atoms with Gasteiger partial charge in [-0.3, -0.25) is 0 Å². The molecule has 0 spiro atoms. The molecule has 0 aliphatic heterocycles. The van der Waals surface area contributed by atoms with E-state index in [1.807, 2.05) is 11.6 Å². The van der Waals surface area contributed by atoms with Crippen LogP contribution in [0.25, 0.3) is 11.2 Å². The first kappa shape index (κ1) is 12.2. The molecule has 0 atom stereocenters. The average Bonchev–Trinajstić information content (AvgIpc) is 2.79. The molecule has 0 radical (unpaired) electrons. The Hall–Kier alpha value is -1.85. The van der Waals surface area contributed by atoms with Gasteiger partial charge in [-0.05, 0) is 18.8 Å². The number of nitrogens with two attached hydrogens (primary N) is 1. The van der Waals surface area contributed by atoms with Crippen molar-refractivity contribution in [3.05, 3.63) is 6.33 Å². The predicted molar refractivity (Wildman–Crippen MR) is 72.8 cm³/mol. The highest BCUT2D eigenvalue weighted by Gasteiger charge is 2.17. The molecule has 2 heterocycles. The van der Waals surface area contributed by atoms with Gasteiger partial charge < -0.3 is 15.0 Å². The van der Waals surface area contributed by atoms with E-state index >= 15 is 0 Å².